The Morgan fingerprint density at radius 2 is 2.09 bits per heavy atom. The summed E-state index contributed by atoms with van der Waals surface area (Å²) in [6.45, 7) is 0. The summed E-state index contributed by atoms with van der Waals surface area (Å²) in [5.74, 6) is 0. The van der Waals surface area contributed by atoms with Crippen molar-refractivity contribution in [1.29, 1.82) is 0 Å². The van der Waals surface area contributed by atoms with Crippen LogP contribution in [0.25, 0.3) is 0 Å². The van der Waals surface area contributed by atoms with Crippen molar-refractivity contribution >= 4 is 11.7 Å². The average molecular weight is 147 g/mol. The summed E-state index contributed by atoms with van der Waals surface area (Å²) in [6, 6.07) is 4.67. The standard InChI is InChI=1S/C7H5N3O/c8-4-2-1-3-5-6(4)10-7(11)9-5/h1-3H,8H2. The van der Waals surface area contributed by atoms with Crippen LogP contribution in [0.3, 0.4) is 0 Å². The number of rotatable bonds is 0. The fourth-order valence-electron chi connectivity index (χ4n) is 0.984. The van der Waals surface area contributed by atoms with E-state index < -0.39 is 6.03 Å². The number of urea groups is 1. The number of hydrogen-bond donors (Lipinski definition) is 1. The van der Waals surface area contributed by atoms with Crippen molar-refractivity contribution in [3.05, 3.63) is 28.9 Å². The first kappa shape index (κ1) is 6.03. The summed E-state index contributed by atoms with van der Waals surface area (Å²) in [5.41, 5.74) is 6.03. The van der Waals surface area contributed by atoms with Crippen LogP contribution < -0.4 is 16.4 Å². The van der Waals surface area contributed by atoms with E-state index in [-0.39, 0.29) is 0 Å². The third kappa shape index (κ3) is 0.797. The number of amides is 2. The van der Waals surface area contributed by atoms with Crippen molar-refractivity contribution in [2.45, 2.75) is 0 Å². The molecule has 1 aromatic carbocycles. The van der Waals surface area contributed by atoms with Gasteiger partial charge in [-0.15, -0.1) is 0 Å². The van der Waals surface area contributed by atoms with Gasteiger partial charge in [-0.1, -0.05) is 6.07 Å². The quantitative estimate of drug-likeness (QED) is 0.509. The predicted octanol–water partition coefficient (Wildman–Crippen LogP) is -0.358. The third-order valence-electron chi connectivity index (χ3n) is 1.47. The molecule has 1 heterocycles. The summed E-state index contributed by atoms with van der Waals surface area (Å²) in [4.78, 5) is 17.9. The summed E-state index contributed by atoms with van der Waals surface area (Å²) < 4.78 is 0. The SMILES string of the molecule is Nc1cccc2c1=NC(=O)N=2. The van der Waals surface area contributed by atoms with Gasteiger partial charge in [0.25, 0.3) is 0 Å². The zero-order valence-corrected chi connectivity index (χ0v) is 5.61. The molecule has 2 N–H and O–H groups in total. The molecule has 54 valence electrons. The van der Waals surface area contributed by atoms with E-state index in [4.69, 9.17) is 5.73 Å². The molecular weight excluding hydrogens is 142 g/mol. The number of hydrogen-bond acceptors (Lipinski definition) is 2. The van der Waals surface area contributed by atoms with Crippen molar-refractivity contribution in [2.75, 3.05) is 5.73 Å². The highest BCUT2D eigenvalue weighted by molar-refractivity contribution is 5.78. The van der Waals surface area contributed by atoms with Gasteiger partial charge in [-0.2, -0.15) is 9.98 Å². The first-order valence-electron chi connectivity index (χ1n) is 3.13. The lowest BCUT2D eigenvalue weighted by Gasteiger charge is -1.86. The second-order valence-corrected chi connectivity index (χ2v) is 2.22. The molecule has 0 saturated carbocycles. The average Bonchev–Trinajstić information content (AvgIpc) is 2.31. The molecule has 1 aliphatic rings. The first-order valence-corrected chi connectivity index (χ1v) is 3.13. The molecule has 0 atom stereocenters. The van der Waals surface area contributed by atoms with Gasteiger partial charge in [0.1, 0.15) is 5.36 Å². The van der Waals surface area contributed by atoms with Gasteiger partial charge in [-0.3, -0.25) is 0 Å². The van der Waals surface area contributed by atoms with E-state index in [1.807, 2.05) is 0 Å². The maximum Gasteiger partial charge on any atom is 0.368 e. The Morgan fingerprint density at radius 1 is 1.27 bits per heavy atom. The minimum absolute atomic E-state index is 0.474. The van der Waals surface area contributed by atoms with Gasteiger partial charge in [-0.25, -0.2) is 4.79 Å². The Bertz CT molecular complexity index is 435. The fourth-order valence-corrected chi connectivity index (χ4v) is 0.984. The Balaban J connectivity index is 2.97. The van der Waals surface area contributed by atoms with E-state index >= 15 is 0 Å². The zero-order valence-electron chi connectivity index (χ0n) is 5.61. The molecule has 11 heavy (non-hydrogen) atoms. The van der Waals surface area contributed by atoms with Crippen molar-refractivity contribution in [3.8, 4) is 0 Å². The highest BCUT2D eigenvalue weighted by Gasteiger charge is 2.05. The van der Waals surface area contributed by atoms with E-state index in [1.165, 1.54) is 0 Å². The molecule has 4 nitrogen and oxygen atoms in total. The van der Waals surface area contributed by atoms with Gasteiger partial charge in [0.2, 0.25) is 0 Å². The maximum absolute atomic E-state index is 10.7. The highest BCUT2D eigenvalue weighted by atomic mass is 16.2. The second kappa shape index (κ2) is 1.88. The summed E-state index contributed by atoms with van der Waals surface area (Å²) in [5, 5.41) is 1.06. The van der Waals surface area contributed by atoms with Gasteiger partial charge in [0, 0.05) is 0 Å². The van der Waals surface area contributed by atoms with Crippen molar-refractivity contribution in [3.63, 3.8) is 0 Å². The largest absolute Gasteiger partial charge is 0.397 e. The van der Waals surface area contributed by atoms with Crippen LogP contribution in [0, 0.1) is 0 Å². The number of para-hydroxylation sites is 1. The second-order valence-electron chi connectivity index (χ2n) is 2.22. The lowest BCUT2D eigenvalue weighted by molar-refractivity contribution is 0.256. The number of carbonyl (C=O) groups excluding carboxylic acids is 1. The first-order chi connectivity index (χ1) is 5.27. The van der Waals surface area contributed by atoms with Crippen molar-refractivity contribution < 1.29 is 4.79 Å². The van der Waals surface area contributed by atoms with Crippen LogP contribution in [0.2, 0.25) is 0 Å². The maximum atomic E-state index is 10.7. The molecule has 0 aromatic heterocycles. The van der Waals surface area contributed by atoms with Gasteiger partial charge >= 0.3 is 6.03 Å². The molecule has 1 aromatic rings. The molecule has 2 amide bonds. The van der Waals surface area contributed by atoms with Gasteiger partial charge < -0.3 is 5.73 Å². The molecule has 0 spiro atoms. The van der Waals surface area contributed by atoms with Crippen LogP contribution in [0.15, 0.2) is 28.2 Å². The van der Waals surface area contributed by atoms with Crippen LogP contribution in [-0.4, -0.2) is 6.03 Å². The lowest BCUT2D eigenvalue weighted by atomic mass is 10.3. The van der Waals surface area contributed by atoms with Crippen LogP contribution >= 0.6 is 0 Å². The fraction of sp³-hybridized carbons (Fsp3) is 0. The van der Waals surface area contributed by atoms with E-state index in [2.05, 4.69) is 9.98 Å². The minimum atomic E-state index is -0.474. The van der Waals surface area contributed by atoms with E-state index in [9.17, 15) is 4.79 Å². The number of nitrogens with two attached hydrogens (primary N) is 1. The molecule has 0 bridgehead atoms. The summed E-state index contributed by atoms with van der Waals surface area (Å²) in [7, 11) is 0. The van der Waals surface area contributed by atoms with E-state index in [0.717, 1.165) is 0 Å². The molecule has 0 aliphatic carbocycles. The predicted molar refractivity (Wildman–Crippen MR) is 38.6 cm³/mol. The smallest absolute Gasteiger partial charge is 0.368 e. The molecule has 0 fully saturated rings. The van der Waals surface area contributed by atoms with Gasteiger partial charge in [-0.05, 0) is 12.1 Å². The highest BCUT2D eigenvalue weighted by Crippen LogP contribution is 1.91. The van der Waals surface area contributed by atoms with Gasteiger partial charge in [0.15, 0.2) is 0 Å². The molecule has 4 heteroatoms. The van der Waals surface area contributed by atoms with Crippen LogP contribution in [0.5, 0.6) is 0 Å². The normalized spacial score (nSPS) is 13.6. The Kier molecular flexibility index (Phi) is 1.03. The summed E-state index contributed by atoms with van der Waals surface area (Å²) >= 11 is 0. The molecule has 0 radical (unpaired) electrons. The zero-order chi connectivity index (χ0) is 7.84. The van der Waals surface area contributed by atoms with Crippen LogP contribution in [-0.2, 0) is 0 Å². The molecule has 2 rings (SSSR count). The van der Waals surface area contributed by atoms with E-state index in [1.54, 1.807) is 18.2 Å². The monoisotopic (exact) mass is 147 g/mol. The Labute approximate surface area is 62.1 Å². The molecule has 1 aliphatic heterocycles. The Hall–Kier alpha value is -1.71. The van der Waals surface area contributed by atoms with E-state index in [0.29, 0.717) is 16.4 Å². The number of benzene rings is 1. The number of fused-ring (bicyclic) bond motifs is 1. The molecule has 0 unspecified atom stereocenters. The number of carbonyl (C=O) groups is 1. The molecule has 0 saturated heterocycles. The topological polar surface area (TPSA) is 67.8 Å². The number of nitrogens with zero attached hydrogens (tertiary/aromatic N) is 2. The molecular formula is C7H5N3O. The minimum Gasteiger partial charge on any atom is -0.397 e. The Morgan fingerprint density at radius 3 is 2.82 bits per heavy atom. The number of nitrogen functional groups attached to an aromatic ring is 1. The lowest BCUT2D eigenvalue weighted by Crippen LogP contribution is -2.24. The van der Waals surface area contributed by atoms with Crippen LogP contribution in [0.1, 0.15) is 0 Å². The van der Waals surface area contributed by atoms with Gasteiger partial charge in [0.05, 0.1) is 11.0 Å². The van der Waals surface area contributed by atoms with Crippen molar-refractivity contribution in [1.82, 2.24) is 0 Å². The summed E-state index contributed by atoms with van der Waals surface area (Å²) in [6.07, 6.45) is 0. The number of anilines is 1. The van der Waals surface area contributed by atoms with Crippen molar-refractivity contribution in [2.24, 2.45) is 9.98 Å². The third-order valence-corrected chi connectivity index (χ3v) is 1.47. The van der Waals surface area contributed by atoms with Crippen LogP contribution in [0.4, 0.5) is 10.5 Å².